The smallest absolute Gasteiger partial charge is 0.232 e. The SMILES string of the molecule is COc1ccc(N(Cc2ccco2)C(=O)C2CC(=O)N(C)C2)cc1F. The molecule has 6 nitrogen and oxygen atoms in total. The largest absolute Gasteiger partial charge is 0.494 e. The van der Waals surface area contributed by atoms with Crippen LogP contribution in [0.4, 0.5) is 10.1 Å². The molecule has 3 rings (SSSR count). The summed E-state index contributed by atoms with van der Waals surface area (Å²) in [5.74, 6) is -0.655. The van der Waals surface area contributed by atoms with Gasteiger partial charge in [0.2, 0.25) is 11.8 Å². The number of anilines is 1. The van der Waals surface area contributed by atoms with E-state index < -0.39 is 11.7 Å². The van der Waals surface area contributed by atoms with Gasteiger partial charge in [0.1, 0.15) is 5.76 Å². The summed E-state index contributed by atoms with van der Waals surface area (Å²) in [6, 6.07) is 7.80. The number of rotatable bonds is 5. The molecule has 0 aliphatic carbocycles. The summed E-state index contributed by atoms with van der Waals surface area (Å²) < 4.78 is 24.4. The number of benzene rings is 1. The number of carbonyl (C=O) groups is 2. The number of nitrogens with zero attached hydrogens (tertiary/aromatic N) is 2. The Morgan fingerprint density at radius 3 is 2.80 bits per heavy atom. The quantitative estimate of drug-likeness (QED) is 0.834. The lowest BCUT2D eigenvalue weighted by atomic mass is 10.1. The van der Waals surface area contributed by atoms with Crippen molar-refractivity contribution in [1.82, 2.24) is 4.90 Å². The van der Waals surface area contributed by atoms with Crippen molar-refractivity contribution in [3.8, 4) is 5.75 Å². The van der Waals surface area contributed by atoms with Crippen molar-refractivity contribution in [3.63, 3.8) is 0 Å². The molecule has 25 heavy (non-hydrogen) atoms. The molecule has 2 aromatic rings. The third-order valence-corrected chi connectivity index (χ3v) is 4.30. The maximum Gasteiger partial charge on any atom is 0.232 e. The zero-order valence-corrected chi connectivity index (χ0v) is 14.1. The highest BCUT2D eigenvalue weighted by molar-refractivity contribution is 5.98. The first-order valence-electron chi connectivity index (χ1n) is 7.91. The Kier molecular flexibility index (Phi) is 4.74. The van der Waals surface area contributed by atoms with Crippen LogP contribution < -0.4 is 9.64 Å². The lowest BCUT2D eigenvalue weighted by Gasteiger charge is -2.25. The second-order valence-corrected chi connectivity index (χ2v) is 6.00. The first-order valence-corrected chi connectivity index (χ1v) is 7.91. The van der Waals surface area contributed by atoms with Crippen LogP contribution >= 0.6 is 0 Å². The van der Waals surface area contributed by atoms with Crippen LogP contribution in [-0.4, -0.2) is 37.4 Å². The summed E-state index contributed by atoms with van der Waals surface area (Å²) in [6.45, 7) is 0.511. The van der Waals surface area contributed by atoms with Gasteiger partial charge in [-0.2, -0.15) is 0 Å². The molecule has 1 saturated heterocycles. The lowest BCUT2D eigenvalue weighted by molar-refractivity contribution is -0.127. The van der Waals surface area contributed by atoms with Crippen molar-refractivity contribution in [2.75, 3.05) is 25.6 Å². The normalized spacial score (nSPS) is 17.0. The number of ether oxygens (including phenoxy) is 1. The van der Waals surface area contributed by atoms with E-state index in [1.165, 1.54) is 35.3 Å². The molecule has 0 spiro atoms. The number of furan rings is 1. The number of methoxy groups -OCH3 is 1. The lowest BCUT2D eigenvalue weighted by Crippen LogP contribution is -2.36. The van der Waals surface area contributed by atoms with Crippen molar-refractivity contribution in [2.24, 2.45) is 5.92 Å². The summed E-state index contributed by atoms with van der Waals surface area (Å²) in [7, 11) is 3.05. The minimum Gasteiger partial charge on any atom is -0.494 e. The molecular formula is C18H19FN2O4. The van der Waals surface area contributed by atoms with Crippen LogP contribution in [0.2, 0.25) is 0 Å². The molecule has 0 saturated carbocycles. The summed E-state index contributed by atoms with van der Waals surface area (Å²) in [5.41, 5.74) is 0.390. The first-order chi connectivity index (χ1) is 12.0. The van der Waals surface area contributed by atoms with Crippen LogP contribution in [0.3, 0.4) is 0 Å². The molecule has 1 aromatic carbocycles. The number of amides is 2. The number of likely N-dealkylation sites (tertiary alicyclic amines) is 1. The van der Waals surface area contributed by atoms with Crippen molar-refractivity contribution in [2.45, 2.75) is 13.0 Å². The zero-order valence-electron chi connectivity index (χ0n) is 14.1. The molecule has 0 bridgehead atoms. The van der Waals surface area contributed by atoms with Crippen molar-refractivity contribution < 1.29 is 23.1 Å². The average Bonchev–Trinajstić information content (AvgIpc) is 3.22. The van der Waals surface area contributed by atoms with E-state index in [9.17, 15) is 14.0 Å². The fourth-order valence-electron chi connectivity index (χ4n) is 2.93. The topological polar surface area (TPSA) is 63.0 Å². The Balaban J connectivity index is 1.91. The highest BCUT2D eigenvalue weighted by Gasteiger charge is 2.35. The molecule has 7 heteroatoms. The van der Waals surface area contributed by atoms with Crippen molar-refractivity contribution >= 4 is 17.5 Å². The second kappa shape index (κ2) is 6.96. The Morgan fingerprint density at radius 2 is 2.24 bits per heavy atom. The monoisotopic (exact) mass is 346 g/mol. The predicted molar refractivity (Wildman–Crippen MR) is 88.6 cm³/mol. The molecule has 0 radical (unpaired) electrons. The minimum atomic E-state index is -0.558. The molecule has 2 heterocycles. The van der Waals surface area contributed by atoms with Gasteiger partial charge in [0.25, 0.3) is 0 Å². The molecule has 132 valence electrons. The maximum atomic E-state index is 14.1. The molecular weight excluding hydrogens is 327 g/mol. The van der Waals surface area contributed by atoms with Gasteiger partial charge in [-0.25, -0.2) is 4.39 Å². The third-order valence-electron chi connectivity index (χ3n) is 4.30. The van der Waals surface area contributed by atoms with E-state index in [2.05, 4.69) is 0 Å². The number of carbonyl (C=O) groups excluding carboxylic acids is 2. The van der Waals surface area contributed by atoms with Crippen molar-refractivity contribution in [3.05, 3.63) is 48.2 Å². The Morgan fingerprint density at radius 1 is 1.44 bits per heavy atom. The van der Waals surface area contributed by atoms with Crippen LogP contribution in [0.15, 0.2) is 41.0 Å². The van der Waals surface area contributed by atoms with Gasteiger partial charge in [-0.3, -0.25) is 9.59 Å². The summed E-state index contributed by atoms with van der Waals surface area (Å²) in [4.78, 5) is 27.7. The van der Waals surface area contributed by atoms with Gasteiger partial charge in [0, 0.05) is 31.8 Å². The van der Waals surface area contributed by atoms with E-state index in [-0.39, 0.29) is 30.5 Å². The van der Waals surface area contributed by atoms with Gasteiger partial charge in [-0.1, -0.05) is 0 Å². The molecule has 1 atom stereocenters. The average molecular weight is 346 g/mol. The van der Waals surface area contributed by atoms with Crippen LogP contribution in [0.25, 0.3) is 0 Å². The highest BCUT2D eigenvalue weighted by atomic mass is 19.1. The summed E-state index contributed by atoms with van der Waals surface area (Å²) >= 11 is 0. The Hall–Kier alpha value is -2.83. The fourth-order valence-corrected chi connectivity index (χ4v) is 2.93. The van der Waals surface area contributed by atoms with Gasteiger partial charge in [-0.15, -0.1) is 0 Å². The third kappa shape index (κ3) is 3.50. The van der Waals surface area contributed by atoms with Crippen LogP contribution in [0.1, 0.15) is 12.2 Å². The van der Waals surface area contributed by atoms with Gasteiger partial charge < -0.3 is 19.0 Å². The molecule has 0 N–H and O–H groups in total. The van der Waals surface area contributed by atoms with Gasteiger partial charge in [0.15, 0.2) is 11.6 Å². The summed E-state index contributed by atoms with van der Waals surface area (Å²) in [5, 5.41) is 0. The van der Waals surface area contributed by atoms with E-state index in [0.717, 1.165) is 0 Å². The molecule has 1 aromatic heterocycles. The fraction of sp³-hybridized carbons (Fsp3) is 0.333. The number of hydrogen-bond acceptors (Lipinski definition) is 4. The van der Waals surface area contributed by atoms with Crippen molar-refractivity contribution in [1.29, 1.82) is 0 Å². The molecule has 2 amide bonds. The van der Waals surface area contributed by atoms with Gasteiger partial charge >= 0.3 is 0 Å². The Bertz CT molecular complexity index is 775. The molecule has 1 aliphatic heterocycles. The van der Waals surface area contributed by atoms with Gasteiger partial charge in [-0.05, 0) is 24.3 Å². The highest BCUT2D eigenvalue weighted by Crippen LogP contribution is 2.28. The van der Waals surface area contributed by atoms with E-state index >= 15 is 0 Å². The molecule has 1 fully saturated rings. The van der Waals surface area contributed by atoms with E-state index in [1.54, 1.807) is 25.2 Å². The van der Waals surface area contributed by atoms with E-state index in [0.29, 0.717) is 18.0 Å². The van der Waals surface area contributed by atoms with E-state index in [4.69, 9.17) is 9.15 Å². The minimum absolute atomic E-state index is 0.0720. The molecule has 1 aliphatic rings. The predicted octanol–water partition coefficient (Wildman–Crippen LogP) is 2.44. The van der Waals surface area contributed by atoms with Crippen LogP contribution in [-0.2, 0) is 16.1 Å². The van der Waals surface area contributed by atoms with Crippen LogP contribution in [0, 0.1) is 11.7 Å². The first kappa shape index (κ1) is 17.0. The number of halogens is 1. The standard InChI is InChI=1S/C18H19FN2O4/c1-20-10-12(8-17(20)22)18(23)21(11-14-4-3-7-25-14)13-5-6-16(24-2)15(19)9-13/h3-7,9,12H,8,10-11H2,1-2H3. The van der Waals surface area contributed by atoms with E-state index in [1.807, 2.05) is 0 Å². The Labute approximate surface area is 144 Å². The maximum absolute atomic E-state index is 14.1. The number of hydrogen-bond donors (Lipinski definition) is 0. The molecule has 1 unspecified atom stereocenters. The zero-order chi connectivity index (χ0) is 18.0. The summed E-state index contributed by atoms with van der Waals surface area (Å²) in [6.07, 6.45) is 1.67. The van der Waals surface area contributed by atoms with Crippen LogP contribution in [0.5, 0.6) is 5.75 Å². The second-order valence-electron chi connectivity index (χ2n) is 6.00. The van der Waals surface area contributed by atoms with Gasteiger partial charge in [0.05, 0.1) is 25.8 Å².